The second-order valence-electron chi connectivity index (χ2n) is 4.34. The zero-order chi connectivity index (χ0) is 13.5. The van der Waals surface area contributed by atoms with Crippen molar-refractivity contribution < 1.29 is 9.53 Å². The van der Waals surface area contributed by atoms with Crippen molar-refractivity contribution >= 4 is 18.5 Å². The van der Waals surface area contributed by atoms with Crippen LogP contribution in [0, 0.1) is 6.92 Å². The number of nitrogens with zero attached hydrogens (tertiary/aromatic N) is 1. The number of aryl methyl sites for hydroxylation is 1. The molecule has 0 aliphatic heterocycles. The number of likely N-dealkylation sites (N-methyl/N-ethyl adjacent to an activating group) is 1. The summed E-state index contributed by atoms with van der Waals surface area (Å²) in [6, 6.07) is 6.12. The molecule has 0 heterocycles. The fraction of sp³-hybridized carbons (Fsp3) is 0.500. The molecule has 0 saturated carbocycles. The summed E-state index contributed by atoms with van der Waals surface area (Å²) in [5.74, 6) is 1.65. The van der Waals surface area contributed by atoms with Crippen LogP contribution in [0.2, 0.25) is 0 Å². The van der Waals surface area contributed by atoms with Gasteiger partial charge in [0.15, 0.2) is 0 Å². The van der Waals surface area contributed by atoms with E-state index in [-0.39, 0.29) is 5.91 Å². The van der Waals surface area contributed by atoms with Gasteiger partial charge in [-0.3, -0.25) is 4.79 Å². The minimum absolute atomic E-state index is 0.148. The molecule has 4 heteroatoms. The maximum Gasteiger partial charge on any atom is 0.223 e. The fourth-order valence-electron chi connectivity index (χ4n) is 1.80. The van der Waals surface area contributed by atoms with Crippen molar-refractivity contribution in [1.82, 2.24) is 4.90 Å². The molecule has 0 aliphatic carbocycles. The van der Waals surface area contributed by atoms with Gasteiger partial charge >= 0.3 is 0 Å². The Labute approximate surface area is 115 Å². The van der Waals surface area contributed by atoms with Gasteiger partial charge in [-0.05, 0) is 36.3 Å². The summed E-state index contributed by atoms with van der Waals surface area (Å²) in [4.78, 5) is 13.3. The summed E-state index contributed by atoms with van der Waals surface area (Å²) in [6.07, 6.45) is 1.36. The van der Waals surface area contributed by atoms with Gasteiger partial charge in [0.2, 0.25) is 5.91 Å². The van der Waals surface area contributed by atoms with Crippen LogP contribution in [-0.2, 0) is 11.2 Å². The van der Waals surface area contributed by atoms with Gasteiger partial charge in [0.25, 0.3) is 0 Å². The zero-order valence-corrected chi connectivity index (χ0v) is 12.2. The van der Waals surface area contributed by atoms with Crippen molar-refractivity contribution in [3.8, 4) is 5.75 Å². The SMILES string of the molecule is COc1ccc(CCN(C)C(=O)CCS)cc1C. The van der Waals surface area contributed by atoms with E-state index < -0.39 is 0 Å². The van der Waals surface area contributed by atoms with Crippen LogP contribution >= 0.6 is 12.6 Å². The Hall–Kier alpha value is -1.16. The minimum atomic E-state index is 0.148. The number of thiol groups is 1. The van der Waals surface area contributed by atoms with Crippen molar-refractivity contribution in [3.63, 3.8) is 0 Å². The number of benzene rings is 1. The Kier molecular flexibility index (Phi) is 6.05. The second kappa shape index (κ2) is 7.31. The lowest BCUT2D eigenvalue weighted by Gasteiger charge is -2.17. The summed E-state index contributed by atoms with van der Waals surface area (Å²) >= 11 is 4.07. The Morgan fingerprint density at radius 3 is 2.72 bits per heavy atom. The van der Waals surface area contributed by atoms with Crippen LogP contribution in [0.4, 0.5) is 0 Å². The minimum Gasteiger partial charge on any atom is -0.496 e. The highest BCUT2D eigenvalue weighted by Gasteiger charge is 2.07. The van der Waals surface area contributed by atoms with Crippen molar-refractivity contribution in [2.75, 3.05) is 26.5 Å². The average Bonchev–Trinajstić information content (AvgIpc) is 2.36. The van der Waals surface area contributed by atoms with Crippen LogP contribution in [0.3, 0.4) is 0 Å². The van der Waals surface area contributed by atoms with Crippen molar-refractivity contribution in [2.45, 2.75) is 19.8 Å². The zero-order valence-electron chi connectivity index (χ0n) is 11.3. The second-order valence-corrected chi connectivity index (χ2v) is 4.79. The highest BCUT2D eigenvalue weighted by Crippen LogP contribution is 2.18. The lowest BCUT2D eigenvalue weighted by atomic mass is 10.1. The average molecular weight is 267 g/mol. The third-order valence-corrected chi connectivity index (χ3v) is 3.17. The van der Waals surface area contributed by atoms with E-state index >= 15 is 0 Å². The Morgan fingerprint density at radius 2 is 2.17 bits per heavy atom. The van der Waals surface area contributed by atoms with Gasteiger partial charge in [-0.15, -0.1) is 0 Å². The van der Waals surface area contributed by atoms with E-state index in [1.54, 1.807) is 12.0 Å². The molecule has 1 rings (SSSR count). The van der Waals surface area contributed by atoms with Crippen LogP contribution in [-0.4, -0.2) is 37.3 Å². The third kappa shape index (κ3) is 4.26. The van der Waals surface area contributed by atoms with E-state index in [9.17, 15) is 4.79 Å². The largest absolute Gasteiger partial charge is 0.496 e. The molecule has 100 valence electrons. The first-order valence-corrected chi connectivity index (χ1v) is 6.70. The number of carbonyl (C=O) groups is 1. The monoisotopic (exact) mass is 267 g/mol. The van der Waals surface area contributed by atoms with E-state index in [0.717, 1.165) is 24.3 Å². The number of carbonyl (C=O) groups excluding carboxylic acids is 1. The molecule has 0 N–H and O–H groups in total. The molecular formula is C14H21NO2S. The summed E-state index contributed by atoms with van der Waals surface area (Å²) in [6.45, 7) is 2.76. The summed E-state index contributed by atoms with van der Waals surface area (Å²) in [5, 5.41) is 0. The molecule has 0 bridgehead atoms. The number of methoxy groups -OCH3 is 1. The first-order valence-electron chi connectivity index (χ1n) is 6.06. The summed E-state index contributed by atoms with van der Waals surface area (Å²) in [7, 11) is 3.51. The Balaban J connectivity index is 2.53. The fourth-order valence-corrected chi connectivity index (χ4v) is 2.00. The third-order valence-electron chi connectivity index (χ3n) is 2.95. The molecule has 0 spiro atoms. The van der Waals surface area contributed by atoms with Gasteiger partial charge in [-0.2, -0.15) is 12.6 Å². The predicted molar refractivity (Wildman–Crippen MR) is 77.5 cm³/mol. The number of hydrogen-bond acceptors (Lipinski definition) is 3. The quantitative estimate of drug-likeness (QED) is 0.802. The summed E-state index contributed by atoms with van der Waals surface area (Å²) in [5.41, 5.74) is 2.35. The molecule has 0 atom stereocenters. The first kappa shape index (κ1) is 14.9. The molecule has 0 fully saturated rings. The number of amides is 1. The van der Waals surface area contributed by atoms with Crippen molar-refractivity contribution in [1.29, 1.82) is 0 Å². The van der Waals surface area contributed by atoms with Crippen LogP contribution in [0.5, 0.6) is 5.75 Å². The Bertz CT molecular complexity index is 407. The molecule has 0 radical (unpaired) electrons. The van der Waals surface area contributed by atoms with Gasteiger partial charge in [0, 0.05) is 20.0 Å². The molecule has 1 aromatic carbocycles. The lowest BCUT2D eigenvalue weighted by molar-refractivity contribution is -0.129. The predicted octanol–water partition coefficient (Wildman–Crippen LogP) is 2.32. The van der Waals surface area contributed by atoms with E-state index in [0.29, 0.717) is 12.2 Å². The molecule has 0 aliphatic rings. The molecule has 0 aromatic heterocycles. The summed E-state index contributed by atoms with van der Waals surface area (Å²) < 4.78 is 5.22. The van der Waals surface area contributed by atoms with E-state index in [2.05, 4.69) is 18.7 Å². The highest BCUT2D eigenvalue weighted by molar-refractivity contribution is 7.80. The van der Waals surface area contributed by atoms with Crippen LogP contribution in [0.25, 0.3) is 0 Å². The molecule has 3 nitrogen and oxygen atoms in total. The topological polar surface area (TPSA) is 29.5 Å². The lowest BCUT2D eigenvalue weighted by Crippen LogP contribution is -2.28. The number of hydrogen-bond donors (Lipinski definition) is 1. The van der Waals surface area contributed by atoms with Crippen LogP contribution in [0.1, 0.15) is 17.5 Å². The van der Waals surface area contributed by atoms with Gasteiger partial charge < -0.3 is 9.64 Å². The maximum atomic E-state index is 11.6. The van der Waals surface area contributed by atoms with Crippen LogP contribution in [0.15, 0.2) is 18.2 Å². The smallest absolute Gasteiger partial charge is 0.223 e. The number of ether oxygens (including phenoxy) is 1. The molecule has 0 unspecified atom stereocenters. The van der Waals surface area contributed by atoms with Gasteiger partial charge in [0.05, 0.1) is 7.11 Å². The normalized spacial score (nSPS) is 10.2. The van der Waals surface area contributed by atoms with Gasteiger partial charge in [-0.25, -0.2) is 0 Å². The van der Waals surface area contributed by atoms with E-state index in [1.165, 1.54) is 5.56 Å². The molecular weight excluding hydrogens is 246 g/mol. The van der Waals surface area contributed by atoms with Crippen LogP contribution < -0.4 is 4.74 Å². The van der Waals surface area contributed by atoms with E-state index in [4.69, 9.17) is 4.74 Å². The molecule has 1 aromatic rings. The molecule has 18 heavy (non-hydrogen) atoms. The molecule has 0 saturated heterocycles. The Morgan fingerprint density at radius 1 is 1.44 bits per heavy atom. The first-order chi connectivity index (χ1) is 8.58. The highest BCUT2D eigenvalue weighted by atomic mass is 32.1. The maximum absolute atomic E-state index is 11.6. The van der Waals surface area contributed by atoms with Gasteiger partial charge in [-0.1, -0.05) is 12.1 Å². The van der Waals surface area contributed by atoms with E-state index in [1.807, 2.05) is 26.1 Å². The van der Waals surface area contributed by atoms with Crippen molar-refractivity contribution in [3.05, 3.63) is 29.3 Å². The van der Waals surface area contributed by atoms with Crippen molar-refractivity contribution in [2.24, 2.45) is 0 Å². The standard InChI is InChI=1S/C14H21NO2S/c1-11-10-12(4-5-13(11)17-3)6-8-15(2)14(16)7-9-18/h4-5,10,18H,6-9H2,1-3H3. The van der Waals surface area contributed by atoms with Gasteiger partial charge in [0.1, 0.15) is 5.75 Å². The number of rotatable bonds is 6. The molecule has 1 amide bonds.